The number of aliphatic hydroxyl groups is 1. The Labute approximate surface area is 140 Å². The predicted molar refractivity (Wildman–Crippen MR) is 89.5 cm³/mol. The molecule has 3 rings (SSSR count). The second-order valence-corrected chi connectivity index (χ2v) is 6.44. The van der Waals surface area contributed by atoms with E-state index in [-0.39, 0.29) is 11.9 Å². The van der Waals surface area contributed by atoms with Crippen LogP contribution < -0.4 is 5.32 Å². The van der Waals surface area contributed by atoms with Crippen molar-refractivity contribution in [1.82, 2.24) is 15.3 Å². The van der Waals surface area contributed by atoms with Gasteiger partial charge in [0.2, 0.25) is 0 Å². The highest BCUT2D eigenvalue weighted by molar-refractivity contribution is 6.30. The highest BCUT2D eigenvalue weighted by Gasteiger charge is 2.26. The summed E-state index contributed by atoms with van der Waals surface area (Å²) in [6, 6.07) is 7.12. The van der Waals surface area contributed by atoms with Crippen molar-refractivity contribution in [1.29, 1.82) is 0 Å². The molecular weight excluding hydrogens is 314 g/mol. The van der Waals surface area contributed by atoms with E-state index in [0.717, 1.165) is 31.2 Å². The summed E-state index contributed by atoms with van der Waals surface area (Å²) < 4.78 is 0. The van der Waals surface area contributed by atoms with Crippen molar-refractivity contribution < 1.29 is 9.90 Å². The van der Waals surface area contributed by atoms with Crippen LogP contribution in [0.4, 0.5) is 0 Å². The third kappa shape index (κ3) is 3.57. The second kappa shape index (κ2) is 6.72. The molecule has 122 valence electrons. The highest BCUT2D eigenvalue weighted by Crippen LogP contribution is 2.22. The lowest BCUT2D eigenvalue weighted by atomic mass is 9.92. The maximum Gasteiger partial charge on any atom is 0.272 e. The number of rotatable bonds is 3. The van der Waals surface area contributed by atoms with Crippen LogP contribution in [0.5, 0.6) is 0 Å². The van der Waals surface area contributed by atoms with E-state index in [0.29, 0.717) is 22.2 Å². The van der Waals surface area contributed by atoms with Gasteiger partial charge in [-0.25, -0.2) is 4.98 Å². The molecule has 6 heteroatoms. The van der Waals surface area contributed by atoms with Crippen LogP contribution in [-0.4, -0.2) is 33.1 Å². The van der Waals surface area contributed by atoms with Gasteiger partial charge in [-0.15, -0.1) is 0 Å². The first-order chi connectivity index (χ1) is 11.0. The molecule has 2 aromatic rings. The van der Waals surface area contributed by atoms with E-state index in [4.69, 9.17) is 11.6 Å². The van der Waals surface area contributed by atoms with E-state index >= 15 is 0 Å². The lowest BCUT2D eigenvalue weighted by Crippen LogP contribution is -2.45. The van der Waals surface area contributed by atoms with Crippen molar-refractivity contribution in [3.63, 3.8) is 0 Å². The van der Waals surface area contributed by atoms with Gasteiger partial charge in [0, 0.05) is 16.3 Å². The minimum absolute atomic E-state index is 0.193. The van der Waals surface area contributed by atoms with Crippen molar-refractivity contribution >= 4 is 17.5 Å². The molecule has 0 aliphatic heterocycles. The highest BCUT2D eigenvalue weighted by atomic mass is 35.5. The van der Waals surface area contributed by atoms with E-state index < -0.39 is 6.10 Å². The third-order valence-corrected chi connectivity index (χ3v) is 4.48. The number of imidazole rings is 1. The first-order valence-electron chi connectivity index (χ1n) is 7.86. The molecule has 0 bridgehead atoms. The van der Waals surface area contributed by atoms with Crippen molar-refractivity contribution in [2.75, 3.05) is 0 Å². The predicted octanol–water partition coefficient (Wildman–Crippen LogP) is 3.07. The molecule has 1 aliphatic rings. The standard InChI is InChI=1S/C17H20ClN3O2/c1-10-15(17(23)20-13-7-2-3-8-14(13)22)21-16(19-10)11-5-4-6-12(18)9-11/h4-6,9,13-14,22H,2-3,7-8H2,1H3,(H,19,21)(H,20,23). The Kier molecular flexibility index (Phi) is 4.68. The normalized spacial score (nSPS) is 21.2. The molecule has 5 nitrogen and oxygen atoms in total. The molecule has 23 heavy (non-hydrogen) atoms. The Morgan fingerprint density at radius 1 is 1.39 bits per heavy atom. The lowest BCUT2D eigenvalue weighted by Gasteiger charge is -2.28. The average Bonchev–Trinajstić information content (AvgIpc) is 2.92. The summed E-state index contributed by atoms with van der Waals surface area (Å²) in [4.78, 5) is 20.0. The van der Waals surface area contributed by atoms with E-state index in [1.807, 2.05) is 19.1 Å². The van der Waals surface area contributed by atoms with Gasteiger partial charge in [-0.1, -0.05) is 36.6 Å². The molecule has 0 saturated heterocycles. The SMILES string of the molecule is Cc1[nH]c(-c2cccc(Cl)c2)nc1C(=O)NC1CCCCC1O. The van der Waals surface area contributed by atoms with E-state index in [1.165, 1.54) is 0 Å². The molecule has 1 aromatic carbocycles. The Morgan fingerprint density at radius 2 is 2.17 bits per heavy atom. The molecule has 1 aliphatic carbocycles. The number of hydrogen-bond acceptors (Lipinski definition) is 3. The number of aromatic amines is 1. The van der Waals surface area contributed by atoms with Crippen LogP contribution >= 0.6 is 11.6 Å². The van der Waals surface area contributed by atoms with Crippen LogP contribution in [0.3, 0.4) is 0 Å². The quantitative estimate of drug-likeness (QED) is 0.807. The topological polar surface area (TPSA) is 78.0 Å². The summed E-state index contributed by atoms with van der Waals surface area (Å²) in [5.74, 6) is 0.359. The number of nitrogens with zero attached hydrogens (tertiary/aromatic N) is 1. The number of carbonyl (C=O) groups excluding carboxylic acids is 1. The van der Waals surface area contributed by atoms with Gasteiger partial charge in [0.05, 0.1) is 12.1 Å². The summed E-state index contributed by atoms with van der Waals surface area (Å²) in [6.45, 7) is 1.81. The molecular formula is C17H20ClN3O2. The zero-order valence-electron chi connectivity index (χ0n) is 13.0. The molecule has 1 heterocycles. The Morgan fingerprint density at radius 3 is 2.91 bits per heavy atom. The van der Waals surface area contributed by atoms with Gasteiger partial charge in [-0.2, -0.15) is 0 Å². The minimum atomic E-state index is -0.473. The number of nitrogens with one attached hydrogen (secondary N) is 2. The molecule has 2 unspecified atom stereocenters. The molecule has 1 aromatic heterocycles. The van der Waals surface area contributed by atoms with Crippen molar-refractivity contribution in [3.05, 3.63) is 40.7 Å². The fourth-order valence-corrected chi connectivity index (χ4v) is 3.16. The van der Waals surface area contributed by atoms with Gasteiger partial charge in [0.15, 0.2) is 0 Å². The van der Waals surface area contributed by atoms with Gasteiger partial charge in [-0.05, 0) is 31.9 Å². The van der Waals surface area contributed by atoms with Crippen LogP contribution in [0.15, 0.2) is 24.3 Å². The van der Waals surface area contributed by atoms with Gasteiger partial charge in [-0.3, -0.25) is 4.79 Å². The molecule has 2 atom stereocenters. The van der Waals surface area contributed by atoms with Gasteiger partial charge in [0.1, 0.15) is 11.5 Å². The van der Waals surface area contributed by atoms with Gasteiger partial charge >= 0.3 is 0 Å². The third-order valence-electron chi connectivity index (χ3n) is 4.24. The van der Waals surface area contributed by atoms with Crippen LogP contribution in [0.1, 0.15) is 41.9 Å². The number of aryl methyl sites for hydroxylation is 1. The number of halogens is 1. The van der Waals surface area contributed by atoms with Crippen LogP contribution in [0.2, 0.25) is 5.02 Å². The van der Waals surface area contributed by atoms with Gasteiger partial charge < -0.3 is 15.4 Å². The molecule has 1 fully saturated rings. The maximum atomic E-state index is 12.5. The number of aromatic nitrogens is 2. The largest absolute Gasteiger partial charge is 0.391 e. The summed E-state index contributed by atoms with van der Waals surface area (Å²) in [5.41, 5.74) is 1.89. The van der Waals surface area contributed by atoms with Crippen molar-refractivity contribution in [2.45, 2.75) is 44.8 Å². The Bertz CT molecular complexity index is 714. The molecule has 0 radical (unpaired) electrons. The maximum absolute atomic E-state index is 12.5. The zero-order chi connectivity index (χ0) is 16.4. The Balaban J connectivity index is 1.79. The van der Waals surface area contributed by atoms with Crippen LogP contribution in [0, 0.1) is 6.92 Å². The number of hydrogen-bond donors (Lipinski definition) is 3. The number of carbonyl (C=O) groups is 1. The van der Waals surface area contributed by atoms with Crippen LogP contribution in [-0.2, 0) is 0 Å². The summed E-state index contributed by atoms with van der Waals surface area (Å²) in [7, 11) is 0. The van der Waals surface area contributed by atoms with Gasteiger partial charge in [0.25, 0.3) is 5.91 Å². The van der Waals surface area contributed by atoms with E-state index in [9.17, 15) is 9.90 Å². The number of benzene rings is 1. The monoisotopic (exact) mass is 333 g/mol. The minimum Gasteiger partial charge on any atom is -0.391 e. The summed E-state index contributed by atoms with van der Waals surface area (Å²) >= 11 is 6.00. The molecule has 1 amide bonds. The smallest absolute Gasteiger partial charge is 0.272 e. The first kappa shape index (κ1) is 16.0. The lowest BCUT2D eigenvalue weighted by molar-refractivity contribution is 0.0713. The fourth-order valence-electron chi connectivity index (χ4n) is 2.97. The summed E-state index contributed by atoms with van der Waals surface area (Å²) in [5, 5.41) is 13.5. The molecule has 3 N–H and O–H groups in total. The van der Waals surface area contributed by atoms with Crippen LogP contribution in [0.25, 0.3) is 11.4 Å². The molecule has 0 spiro atoms. The van der Waals surface area contributed by atoms with E-state index in [1.54, 1.807) is 12.1 Å². The Hall–Kier alpha value is -1.85. The number of aliphatic hydroxyl groups excluding tert-OH is 1. The average molecular weight is 334 g/mol. The van der Waals surface area contributed by atoms with Crippen molar-refractivity contribution in [3.8, 4) is 11.4 Å². The first-order valence-corrected chi connectivity index (χ1v) is 8.24. The van der Waals surface area contributed by atoms with Crippen molar-refractivity contribution in [2.24, 2.45) is 0 Å². The van der Waals surface area contributed by atoms with E-state index in [2.05, 4.69) is 15.3 Å². The second-order valence-electron chi connectivity index (χ2n) is 6.00. The zero-order valence-corrected chi connectivity index (χ0v) is 13.7. The number of amides is 1. The summed E-state index contributed by atoms with van der Waals surface area (Å²) in [6.07, 6.45) is 3.10. The molecule has 1 saturated carbocycles. The fraction of sp³-hybridized carbons (Fsp3) is 0.412. The number of H-pyrrole nitrogens is 1.